The molecule has 0 saturated carbocycles. The minimum absolute atomic E-state index is 0.175. The number of hydrogen-bond acceptors (Lipinski definition) is 28. The first-order valence-electron chi connectivity index (χ1n) is 43.4. The smallest absolute Gasteiger partial charge is 0.366 e. The molecule has 0 bridgehead atoms. The van der Waals surface area contributed by atoms with Crippen molar-refractivity contribution in [1.29, 1.82) is 0 Å². The van der Waals surface area contributed by atoms with Crippen LogP contribution in [0.15, 0.2) is 315 Å². The summed E-state index contributed by atoms with van der Waals surface area (Å²) in [6.45, 7) is 4.92. The molecule has 0 aliphatic carbocycles. The van der Waals surface area contributed by atoms with E-state index in [0.717, 1.165) is 56.5 Å². The lowest BCUT2D eigenvalue weighted by atomic mass is 10.2. The Morgan fingerprint density at radius 1 is 0.396 bits per heavy atom. The van der Waals surface area contributed by atoms with Crippen molar-refractivity contribution in [3.63, 3.8) is 0 Å². The predicted octanol–water partition coefficient (Wildman–Crippen LogP) is 21.7. The first-order chi connectivity index (χ1) is 67.4. The fourth-order valence-electron chi connectivity index (χ4n) is 14.7. The van der Waals surface area contributed by atoms with Crippen molar-refractivity contribution in [2.75, 3.05) is 61.0 Å². The highest BCUT2D eigenvalue weighted by atomic mass is 32.2. The lowest BCUT2D eigenvalue weighted by molar-refractivity contribution is -0.144. The minimum Gasteiger partial charge on any atom is -0.469 e. The predicted molar refractivity (Wildman–Crippen MR) is 545 cm³/mol. The van der Waals surface area contributed by atoms with Gasteiger partial charge in [0.2, 0.25) is 0 Å². The van der Waals surface area contributed by atoms with Crippen molar-refractivity contribution in [3.05, 3.63) is 337 Å². The third-order valence-corrected chi connectivity index (χ3v) is 32.8. The van der Waals surface area contributed by atoms with Crippen LogP contribution in [0.5, 0.6) is 16.7 Å². The van der Waals surface area contributed by atoms with Crippen molar-refractivity contribution < 1.29 is 70.2 Å². The van der Waals surface area contributed by atoms with Crippen LogP contribution in [0.1, 0.15) is 86.0 Å². The van der Waals surface area contributed by atoms with Crippen LogP contribution >= 0.6 is 69.2 Å². The molecule has 3 N–H and O–H groups in total. The average molecular weight is 1990 g/mol. The van der Waals surface area contributed by atoms with Gasteiger partial charge in [0, 0.05) is 103 Å². The standard InChI is InChI=1S/C36H32N5O5PS.C34H30N5O5PS2.C32H30N5O5PS/c1-24(36(43)45-3)23-47(44,46-32-14-8-10-25-11-9-21-39-34(25)32)41-31-22-27(48-33-15-5-4-13-29(33)35(42)37-2)17-18-28(31)30(40-41)19-16-26-12-6-7-20-38-26;1-22(33(41)43-3)21-45(42,44-34-37-28-12-5-7-14-31(28)47-34)39-29-20-24(46-30-13-6-4-11-26(30)32(40)35-2)16-17-25(29)27(38-39)18-15-23-10-8-9-19-36-23;1-22(32(39)41-3)21-43(40,42-24-10-8-17-34-20-24)37-29-19-25(44-30-12-5-4-11-27(30)31(38)33-2)14-15-26(29)28(36-37)16-13-23-9-6-7-18-35-23/h4-22,24H,23H2,1-3H3,(H,37,42);4-20,22H,21H2,1-3H3,(H,35,40);4-20,22H,21H2,1-3H3,(H,33,38)/b19-16+;18-15+;16-13+/t24-,47?;22-,45?;22-,43?/m111/s1. The molecular formula is C102H92N15O15P3S4. The number of hydrogen-bond donors (Lipinski definition) is 3. The quantitative estimate of drug-likeness (QED) is 0.0195. The minimum atomic E-state index is -4.03. The Bertz CT molecular complexity index is 7610. The molecule has 0 radical (unpaired) electrons. The van der Waals surface area contributed by atoms with Crippen LogP contribution in [0.3, 0.4) is 0 Å². The Balaban J connectivity index is 0.000000158. The molecule has 0 saturated heterocycles. The van der Waals surface area contributed by atoms with Gasteiger partial charge in [0.15, 0.2) is 5.75 Å². The van der Waals surface area contributed by atoms with E-state index in [2.05, 4.69) is 45.9 Å². The van der Waals surface area contributed by atoms with E-state index in [0.29, 0.717) is 83.3 Å². The van der Waals surface area contributed by atoms with Gasteiger partial charge in [-0.05, 0) is 200 Å². The molecule has 3 unspecified atom stereocenters. The third-order valence-electron chi connectivity index (χ3n) is 21.5. The van der Waals surface area contributed by atoms with Crippen molar-refractivity contribution in [1.82, 2.24) is 74.5 Å². The van der Waals surface area contributed by atoms with E-state index < -0.39 is 58.2 Å². The Morgan fingerprint density at radius 3 is 1.16 bits per heavy atom. The van der Waals surface area contributed by atoms with Crippen LogP contribution in [-0.4, -0.2) is 155 Å². The number of ether oxygens (including phenoxy) is 3. The summed E-state index contributed by atoms with van der Waals surface area (Å²) in [5.74, 6) is -3.92. The van der Waals surface area contributed by atoms with Crippen molar-refractivity contribution in [2.45, 2.75) is 50.1 Å². The van der Waals surface area contributed by atoms with Crippen molar-refractivity contribution >= 4 is 195 Å². The number of carbonyl (C=O) groups is 6. The number of carbonyl (C=O) groups excluding carboxylic acids is 6. The average Bonchev–Trinajstić information content (AvgIpc) is 1.61. The van der Waals surface area contributed by atoms with Gasteiger partial charge in [-0.1, -0.05) is 152 Å². The van der Waals surface area contributed by atoms with E-state index in [4.69, 9.17) is 43.1 Å². The van der Waals surface area contributed by atoms with Crippen LogP contribution in [0.4, 0.5) is 0 Å². The molecule has 0 spiro atoms. The van der Waals surface area contributed by atoms with Gasteiger partial charge in [-0.3, -0.25) is 67.4 Å². The number of aromatic nitrogens is 12. The van der Waals surface area contributed by atoms with E-state index >= 15 is 9.13 Å². The molecule has 9 heterocycles. The van der Waals surface area contributed by atoms with Gasteiger partial charge >= 0.3 is 40.5 Å². The van der Waals surface area contributed by atoms with Crippen LogP contribution in [-0.2, 0) is 42.3 Å². The number of fused-ring (bicyclic) bond motifs is 5. The number of nitrogens with one attached hydrogen (secondary N) is 3. The van der Waals surface area contributed by atoms with Crippen LogP contribution in [0, 0.1) is 17.8 Å². The molecule has 17 rings (SSSR count). The maximum atomic E-state index is 15.4. The van der Waals surface area contributed by atoms with Gasteiger partial charge in [-0.15, -0.1) is 0 Å². The fraction of sp³-hybridized carbons (Fsp3) is 0.147. The van der Waals surface area contributed by atoms with E-state index in [-0.39, 0.29) is 47.2 Å². The Kier molecular flexibility index (Phi) is 32.3. The third kappa shape index (κ3) is 23.7. The summed E-state index contributed by atoms with van der Waals surface area (Å²) in [6, 6.07) is 75.7. The van der Waals surface area contributed by atoms with Gasteiger partial charge < -0.3 is 43.7 Å². The molecule has 139 heavy (non-hydrogen) atoms. The number of benzene rings is 8. The van der Waals surface area contributed by atoms with Gasteiger partial charge in [0.1, 0.15) is 11.3 Å². The fourth-order valence-corrected chi connectivity index (χ4v) is 25.6. The Labute approximate surface area is 816 Å². The molecule has 6 atom stereocenters. The molecule has 704 valence electrons. The molecule has 0 aliphatic rings. The molecule has 0 aliphatic heterocycles. The number of pyridine rings is 5. The monoisotopic (exact) mass is 1990 g/mol. The van der Waals surface area contributed by atoms with Crippen LogP contribution in [0.25, 0.3) is 90.3 Å². The van der Waals surface area contributed by atoms with E-state index in [1.165, 1.54) is 87.5 Å². The topological polar surface area (TPSA) is 376 Å². The second-order valence-electron chi connectivity index (χ2n) is 31.1. The summed E-state index contributed by atoms with van der Waals surface area (Å²) in [5, 5.41) is 25.7. The Morgan fingerprint density at radius 2 is 0.770 bits per heavy atom. The number of methoxy groups -OCH3 is 3. The van der Waals surface area contributed by atoms with E-state index in [9.17, 15) is 33.3 Å². The largest absolute Gasteiger partial charge is 0.469 e. The van der Waals surface area contributed by atoms with Crippen molar-refractivity contribution in [2.24, 2.45) is 17.8 Å². The molecule has 37 heteroatoms. The number of nitrogens with zero attached hydrogens (tertiary/aromatic N) is 12. The number of amides is 3. The number of thiazole rings is 1. The maximum absolute atomic E-state index is 15.4. The number of para-hydroxylation sites is 2. The highest BCUT2D eigenvalue weighted by molar-refractivity contribution is 8.00. The second-order valence-corrected chi connectivity index (χ2v) is 42.1. The summed E-state index contributed by atoms with van der Waals surface area (Å²) in [4.78, 5) is 106. The highest BCUT2D eigenvalue weighted by Gasteiger charge is 2.41. The SMILES string of the molecule is CNC(=O)c1ccccc1Sc1ccc2c(/C=C/c3ccccn3)nn(P(=O)(C[C@@H](C)C(=O)OC)Oc3cccc4cccnc34)c2c1.CNC(=O)c1ccccc1Sc1ccc2c(/C=C/c3ccccn3)nn(P(=O)(C[C@@H](C)C(=O)OC)Oc3cccnc3)c2c1.CNC(=O)c1ccccc1Sc1ccc2c(/C=C/c3ccccn3)nn(P(=O)(C[C@@H](C)C(=O)OC)Oc3nc4ccccc4s3)c2c1. The zero-order chi connectivity index (χ0) is 97.7. The molecule has 17 aromatic rings. The molecule has 9 aromatic heterocycles. The molecular weight excluding hydrogens is 1900 g/mol. The summed E-state index contributed by atoms with van der Waals surface area (Å²) < 4.78 is 84.3. The zero-order valence-corrected chi connectivity index (χ0v) is 82.4. The Hall–Kier alpha value is -14.8. The highest BCUT2D eigenvalue weighted by Crippen LogP contribution is 2.57. The number of esters is 3. The van der Waals surface area contributed by atoms with Crippen LogP contribution in [0.2, 0.25) is 0 Å². The summed E-state index contributed by atoms with van der Waals surface area (Å²) in [7, 11) is -3.31. The number of rotatable bonds is 33. The summed E-state index contributed by atoms with van der Waals surface area (Å²) in [6.07, 6.45) is 20.1. The maximum Gasteiger partial charge on any atom is 0.366 e. The first-order valence-corrected chi connectivity index (χ1v) is 52.0. The van der Waals surface area contributed by atoms with E-state index in [1.54, 1.807) is 128 Å². The summed E-state index contributed by atoms with van der Waals surface area (Å²) in [5.41, 5.74) is 8.17. The summed E-state index contributed by atoms with van der Waals surface area (Å²) >= 11 is 5.45. The lowest BCUT2D eigenvalue weighted by Gasteiger charge is -2.23. The molecule has 3 amide bonds. The molecule has 0 fully saturated rings. The first kappa shape index (κ1) is 98.8. The second kappa shape index (κ2) is 45.5. The van der Waals surface area contributed by atoms with Gasteiger partial charge in [0.05, 0.1) is 141 Å². The zero-order valence-electron chi connectivity index (χ0n) is 76.4. The van der Waals surface area contributed by atoms with Gasteiger partial charge in [-0.2, -0.15) is 28.7 Å². The van der Waals surface area contributed by atoms with Crippen LogP contribution < -0.4 is 29.5 Å². The van der Waals surface area contributed by atoms with E-state index in [1.807, 2.05) is 231 Å². The lowest BCUT2D eigenvalue weighted by Crippen LogP contribution is -2.21. The molecule has 30 nitrogen and oxygen atoms in total. The van der Waals surface area contributed by atoms with Gasteiger partial charge in [0.25, 0.3) is 22.9 Å². The van der Waals surface area contributed by atoms with Gasteiger partial charge in [-0.25, -0.2) is 4.98 Å². The van der Waals surface area contributed by atoms with Crippen molar-refractivity contribution in [3.8, 4) is 16.7 Å². The molecule has 8 aromatic carbocycles. The normalized spacial score (nSPS) is 13.4.